The van der Waals surface area contributed by atoms with Crippen LogP contribution in [0.15, 0.2) is 47.4 Å². The number of alkyl halides is 3. The van der Waals surface area contributed by atoms with Gasteiger partial charge in [-0.25, -0.2) is 9.48 Å². The maximum absolute atomic E-state index is 12.5. The van der Waals surface area contributed by atoms with Crippen molar-refractivity contribution in [3.63, 3.8) is 0 Å². The summed E-state index contributed by atoms with van der Waals surface area (Å²) >= 11 is 0. The molecule has 0 aliphatic carbocycles. The second-order valence-corrected chi connectivity index (χ2v) is 7.90. The summed E-state index contributed by atoms with van der Waals surface area (Å²) < 4.78 is 48.9. The van der Waals surface area contributed by atoms with Gasteiger partial charge < -0.3 is 14.8 Å². The molecule has 1 aliphatic rings. The first-order valence-corrected chi connectivity index (χ1v) is 10.2. The van der Waals surface area contributed by atoms with Crippen molar-refractivity contribution in [3.8, 4) is 11.5 Å². The molecule has 2 aromatic heterocycles. The number of amides is 1. The number of carbonyl (C=O) groups excluding carboxylic acids is 1. The zero-order valence-electron chi connectivity index (χ0n) is 17.9. The fourth-order valence-corrected chi connectivity index (χ4v) is 3.55. The molecule has 0 spiro atoms. The second kappa shape index (κ2) is 8.77. The molecular formula is C21H22F3N5O4. The first kappa shape index (κ1) is 22.6. The molecule has 4 rings (SSSR count). The van der Waals surface area contributed by atoms with Crippen molar-refractivity contribution >= 4 is 11.6 Å². The number of fused-ring (bicyclic) bond motifs is 1. The van der Waals surface area contributed by atoms with E-state index in [1.807, 2.05) is 7.05 Å². The van der Waals surface area contributed by atoms with E-state index >= 15 is 0 Å². The number of ether oxygens (including phenoxy) is 2. The van der Waals surface area contributed by atoms with Crippen LogP contribution in [0.25, 0.3) is 5.65 Å². The summed E-state index contributed by atoms with van der Waals surface area (Å²) in [4.78, 5) is 27.1. The molecule has 9 nitrogen and oxygen atoms in total. The number of hydrogen-bond donors (Lipinski definition) is 1. The largest absolute Gasteiger partial charge is 0.573 e. The van der Waals surface area contributed by atoms with Crippen LogP contribution < -0.4 is 20.5 Å². The molecule has 1 saturated heterocycles. The van der Waals surface area contributed by atoms with Gasteiger partial charge in [0.05, 0.1) is 6.04 Å². The van der Waals surface area contributed by atoms with E-state index in [-0.39, 0.29) is 18.4 Å². The van der Waals surface area contributed by atoms with Crippen LogP contribution in [0, 0.1) is 0 Å². The van der Waals surface area contributed by atoms with Crippen LogP contribution in [-0.4, -0.2) is 57.6 Å². The maximum Gasteiger partial charge on any atom is 0.573 e. The number of likely N-dealkylation sites (N-methyl/N-ethyl adjacent to an activating group) is 1. The third-order valence-electron chi connectivity index (χ3n) is 5.17. The van der Waals surface area contributed by atoms with Crippen LogP contribution in [0.5, 0.6) is 11.5 Å². The number of aromatic nitrogens is 3. The van der Waals surface area contributed by atoms with Gasteiger partial charge in [0, 0.05) is 25.4 Å². The molecule has 1 N–H and O–H groups in total. The topological polar surface area (TPSA) is 90.1 Å². The third kappa shape index (κ3) is 5.45. The van der Waals surface area contributed by atoms with Crippen molar-refractivity contribution < 1.29 is 27.4 Å². The molecule has 1 aromatic carbocycles. The van der Waals surface area contributed by atoms with Crippen LogP contribution in [-0.2, 0) is 11.3 Å². The van der Waals surface area contributed by atoms with Crippen molar-refractivity contribution in [2.24, 2.45) is 0 Å². The smallest absolute Gasteiger partial charge is 0.488 e. The summed E-state index contributed by atoms with van der Waals surface area (Å²) in [5.74, 6) is -0.236. The average molecular weight is 465 g/mol. The molecule has 176 valence electrons. The Bertz CT molecular complexity index is 1200. The minimum atomic E-state index is -4.77. The zero-order chi connectivity index (χ0) is 23.8. The normalized spacial score (nSPS) is 15.8. The molecule has 3 aromatic rings. The maximum atomic E-state index is 12.5. The van der Waals surface area contributed by atoms with Gasteiger partial charge in [0.1, 0.15) is 24.1 Å². The Hall–Kier alpha value is -3.54. The summed E-state index contributed by atoms with van der Waals surface area (Å²) in [5, 5.41) is 6.90. The summed E-state index contributed by atoms with van der Waals surface area (Å²) in [6.07, 6.45) is -3.14. The van der Waals surface area contributed by atoms with Gasteiger partial charge in [0.25, 0.3) is 0 Å². The summed E-state index contributed by atoms with van der Waals surface area (Å²) in [5.41, 5.74) is 0.450. The van der Waals surface area contributed by atoms with Crippen molar-refractivity contribution in [1.29, 1.82) is 0 Å². The number of pyridine rings is 1. The number of halogens is 3. The van der Waals surface area contributed by atoms with Crippen LogP contribution in [0.3, 0.4) is 0 Å². The van der Waals surface area contributed by atoms with E-state index in [2.05, 4.69) is 20.1 Å². The molecule has 0 saturated carbocycles. The van der Waals surface area contributed by atoms with Gasteiger partial charge in [-0.05, 0) is 37.7 Å². The van der Waals surface area contributed by atoms with Crippen LogP contribution in [0.2, 0.25) is 0 Å². The number of likely N-dealkylation sites (tertiary alicyclic amines) is 1. The Labute approximate surface area is 186 Å². The number of benzene rings is 1. The van der Waals surface area contributed by atoms with Crippen LogP contribution in [0.4, 0.5) is 13.2 Å². The van der Waals surface area contributed by atoms with Crippen molar-refractivity contribution in [3.05, 3.63) is 58.6 Å². The van der Waals surface area contributed by atoms with Gasteiger partial charge in [0.2, 0.25) is 5.91 Å². The Morgan fingerprint density at radius 2 is 1.91 bits per heavy atom. The van der Waals surface area contributed by atoms with E-state index < -0.39 is 24.0 Å². The minimum Gasteiger partial charge on any atom is -0.488 e. The monoisotopic (exact) mass is 465 g/mol. The lowest BCUT2D eigenvalue weighted by molar-refractivity contribution is -0.274. The molecule has 0 radical (unpaired) electrons. The lowest BCUT2D eigenvalue weighted by atomic mass is 10.1. The molecule has 1 atom stereocenters. The van der Waals surface area contributed by atoms with E-state index in [4.69, 9.17) is 4.74 Å². The summed E-state index contributed by atoms with van der Waals surface area (Å²) in [6.45, 7) is 3.00. The van der Waals surface area contributed by atoms with Crippen molar-refractivity contribution in [1.82, 2.24) is 24.4 Å². The number of hydrogen-bond acceptors (Lipinski definition) is 6. The SMILES string of the molecule is C[C@H](NC(=O)Cn1nc2cc(OC3CN(C)C3)ccn2c1=O)c1ccc(OC(F)(F)F)cc1. The highest BCUT2D eigenvalue weighted by Crippen LogP contribution is 2.24. The number of carbonyl (C=O) groups is 1. The average Bonchev–Trinajstić information content (AvgIpc) is 3.00. The van der Waals surface area contributed by atoms with Crippen molar-refractivity contribution in [2.45, 2.75) is 32.0 Å². The van der Waals surface area contributed by atoms with E-state index in [0.717, 1.165) is 17.8 Å². The molecule has 3 heterocycles. The molecule has 0 bridgehead atoms. The molecule has 12 heteroatoms. The Balaban J connectivity index is 1.38. The van der Waals surface area contributed by atoms with E-state index in [0.29, 0.717) is 17.0 Å². The Morgan fingerprint density at radius 3 is 2.55 bits per heavy atom. The van der Waals surface area contributed by atoms with Gasteiger partial charge in [0.15, 0.2) is 5.65 Å². The minimum absolute atomic E-state index is 0.0904. The summed E-state index contributed by atoms with van der Waals surface area (Å²) in [6, 6.07) is 7.98. The van der Waals surface area contributed by atoms with E-state index in [1.165, 1.54) is 28.7 Å². The predicted molar refractivity (Wildman–Crippen MR) is 111 cm³/mol. The summed E-state index contributed by atoms with van der Waals surface area (Å²) in [7, 11) is 1.99. The molecule has 1 aliphatic heterocycles. The quantitative estimate of drug-likeness (QED) is 0.574. The van der Waals surface area contributed by atoms with Crippen LogP contribution >= 0.6 is 0 Å². The predicted octanol–water partition coefficient (Wildman–Crippen LogP) is 1.96. The van der Waals surface area contributed by atoms with E-state index in [1.54, 1.807) is 25.3 Å². The van der Waals surface area contributed by atoms with Crippen molar-refractivity contribution in [2.75, 3.05) is 20.1 Å². The lowest BCUT2D eigenvalue weighted by Crippen LogP contribution is -2.51. The van der Waals surface area contributed by atoms with Gasteiger partial charge in [-0.1, -0.05) is 12.1 Å². The first-order chi connectivity index (χ1) is 15.6. The highest BCUT2D eigenvalue weighted by atomic mass is 19.4. The molecule has 1 fully saturated rings. The standard InChI is InChI=1S/C21H22F3N5O4/c1-13(14-3-5-15(6-4-14)33-21(22,23)24)25-19(30)12-29-20(31)28-8-7-16(9-18(28)26-29)32-17-10-27(2)11-17/h3-9,13,17H,10-12H2,1-2H3,(H,25,30)/t13-/m0/s1. The zero-order valence-corrected chi connectivity index (χ0v) is 17.9. The van der Waals surface area contributed by atoms with Crippen LogP contribution in [0.1, 0.15) is 18.5 Å². The lowest BCUT2D eigenvalue weighted by Gasteiger charge is -2.35. The molecular weight excluding hydrogens is 443 g/mol. The Kier molecular flexibility index (Phi) is 6.02. The molecule has 1 amide bonds. The molecule has 33 heavy (non-hydrogen) atoms. The van der Waals surface area contributed by atoms with Gasteiger partial charge >= 0.3 is 12.1 Å². The molecule has 0 unspecified atom stereocenters. The second-order valence-electron chi connectivity index (χ2n) is 7.90. The fourth-order valence-electron chi connectivity index (χ4n) is 3.55. The number of nitrogens with zero attached hydrogens (tertiary/aromatic N) is 4. The van der Waals surface area contributed by atoms with Gasteiger partial charge in [-0.15, -0.1) is 18.3 Å². The highest BCUT2D eigenvalue weighted by Gasteiger charge is 2.31. The number of rotatable bonds is 7. The highest BCUT2D eigenvalue weighted by molar-refractivity contribution is 5.76. The third-order valence-corrected chi connectivity index (χ3v) is 5.17. The van der Waals surface area contributed by atoms with Gasteiger partial charge in [-0.3, -0.25) is 14.1 Å². The van der Waals surface area contributed by atoms with Gasteiger partial charge in [-0.2, -0.15) is 0 Å². The first-order valence-electron chi connectivity index (χ1n) is 10.2. The Morgan fingerprint density at radius 1 is 1.21 bits per heavy atom. The fraction of sp³-hybridized carbons (Fsp3) is 0.381. The number of nitrogens with one attached hydrogen (secondary N) is 1. The van der Waals surface area contributed by atoms with E-state index in [9.17, 15) is 22.8 Å².